The molecule has 3 rings (SSSR count). The van der Waals surface area contributed by atoms with Crippen molar-refractivity contribution in [2.24, 2.45) is 0 Å². The molecule has 136 valence electrons. The molecule has 0 aliphatic heterocycles. The summed E-state index contributed by atoms with van der Waals surface area (Å²) in [6.07, 6.45) is 1.28. The minimum absolute atomic E-state index is 0.208. The van der Waals surface area contributed by atoms with Crippen molar-refractivity contribution >= 4 is 16.8 Å². The maximum Gasteiger partial charge on any atom is 0.252 e. The fourth-order valence-electron chi connectivity index (χ4n) is 2.66. The number of carbonyl (C=O) groups excluding carboxylic acids is 1. The van der Waals surface area contributed by atoms with Crippen molar-refractivity contribution in [3.05, 3.63) is 53.1 Å². The molecule has 0 spiro atoms. The number of hydrogen-bond donors (Lipinski definition) is 1. The van der Waals surface area contributed by atoms with E-state index in [4.69, 9.17) is 4.52 Å². The molecular formula is C19H21FN4O2. The Kier molecular flexibility index (Phi) is 5.25. The van der Waals surface area contributed by atoms with Crippen LogP contribution in [0.25, 0.3) is 10.9 Å². The van der Waals surface area contributed by atoms with Gasteiger partial charge >= 0.3 is 0 Å². The van der Waals surface area contributed by atoms with Crippen LogP contribution in [0.3, 0.4) is 0 Å². The minimum Gasteiger partial charge on any atom is -0.352 e. The second kappa shape index (κ2) is 7.59. The van der Waals surface area contributed by atoms with Crippen molar-refractivity contribution in [2.75, 3.05) is 6.54 Å². The maximum absolute atomic E-state index is 13.4. The lowest BCUT2D eigenvalue weighted by Crippen LogP contribution is -2.25. The largest absolute Gasteiger partial charge is 0.352 e. The third kappa shape index (κ3) is 4.04. The molecule has 0 atom stereocenters. The number of aromatic nitrogens is 3. The van der Waals surface area contributed by atoms with Crippen LogP contribution in [0.4, 0.5) is 4.39 Å². The van der Waals surface area contributed by atoms with E-state index in [0.29, 0.717) is 53.3 Å². The first-order chi connectivity index (χ1) is 12.4. The number of pyridine rings is 1. The third-order valence-electron chi connectivity index (χ3n) is 4.00. The number of benzene rings is 1. The van der Waals surface area contributed by atoms with Gasteiger partial charge in [0.1, 0.15) is 5.82 Å². The second-order valence-corrected chi connectivity index (χ2v) is 6.53. The van der Waals surface area contributed by atoms with E-state index in [2.05, 4.69) is 20.4 Å². The number of nitrogens with zero attached hydrogens (tertiary/aromatic N) is 3. The number of rotatable bonds is 6. The van der Waals surface area contributed by atoms with E-state index in [9.17, 15) is 9.18 Å². The molecule has 1 N–H and O–H groups in total. The monoisotopic (exact) mass is 356 g/mol. The van der Waals surface area contributed by atoms with E-state index in [1.54, 1.807) is 19.1 Å². The number of aryl methyl sites for hydroxylation is 2. The van der Waals surface area contributed by atoms with Gasteiger partial charge in [0.05, 0.1) is 11.1 Å². The summed E-state index contributed by atoms with van der Waals surface area (Å²) < 4.78 is 18.6. The summed E-state index contributed by atoms with van der Waals surface area (Å²) in [5.74, 6) is 0.904. The molecule has 2 aromatic heterocycles. The van der Waals surface area contributed by atoms with Gasteiger partial charge in [0.15, 0.2) is 5.82 Å². The quantitative estimate of drug-likeness (QED) is 0.683. The van der Waals surface area contributed by atoms with Crippen molar-refractivity contribution in [1.82, 2.24) is 20.4 Å². The summed E-state index contributed by atoms with van der Waals surface area (Å²) in [7, 11) is 0. The molecule has 0 fully saturated rings. The lowest BCUT2D eigenvalue weighted by molar-refractivity contribution is 0.0954. The van der Waals surface area contributed by atoms with Crippen LogP contribution >= 0.6 is 0 Å². The van der Waals surface area contributed by atoms with Crippen molar-refractivity contribution in [3.63, 3.8) is 0 Å². The van der Waals surface area contributed by atoms with Gasteiger partial charge in [-0.05, 0) is 31.5 Å². The van der Waals surface area contributed by atoms with Gasteiger partial charge in [-0.2, -0.15) is 4.98 Å². The number of halogens is 1. The Morgan fingerprint density at radius 3 is 2.81 bits per heavy atom. The molecule has 0 unspecified atom stereocenters. The van der Waals surface area contributed by atoms with Gasteiger partial charge in [-0.3, -0.25) is 9.78 Å². The van der Waals surface area contributed by atoms with E-state index in [1.807, 2.05) is 13.8 Å². The number of nitrogens with one attached hydrogen (secondary N) is 1. The normalized spacial score (nSPS) is 11.3. The van der Waals surface area contributed by atoms with E-state index in [0.717, 1.165) is 0 Å². The van der Waals surface area contributed by atoms with Crippen LogP contribution in [0.15, 0.2) is 28.8 Å². The zero-order valence-electron chi connectivity index (χ0n) is 15.0. The highest BCUT2D eigenvalue weighted by Gasteiger charge is 2.13. The van der Waals surface area contributed by atoms with Crippen LogP contribution in [-0.2, 0) is 6.42 Å². The zero-order chi connectivity index (χ0) is 18.7. The van der Waals surface area contributed by atoms with Gasteiger partial charge in [0.2, 0.25) is 5.89 Å². The zero-order valence-corrected chi connectivity index (χ0v) is 15.0. The van der Waals surface area contributed by atoms with Gasteiger partial charge in [0.25, 0.3) is 5.91 Å². The van der Waals surface area contributed by atoms with Gasteiger partial charge < -0.3 is 9.84 Å². The van der Waals surface area contributed by atoms with Crippen molar-refractivity contribution in [2.45, 2.75) is 39.5 Å². The van der Waals surface area contributed by atoms with Crippen LogP contribution in [0.1, 0.15) is 54.0 Å². The Balaban J connectivity index is 1.62. The van der Waals surface area contributed by atoms with Crippen LogP contribution in [0, 0.1) is 12.7 Å². The molecule has 0 saturated heterocycles. The highest BCUT2D eigenvalue weighted by Crippen LogP contribution is 2.19. The van der Waals surface area contributed by atoms with E-state index >= 15 is 0 Å². The Labute approximate surface area is 150 Å². The second-order valence-electron chi connectivity index (χ2n) is 6.53. The Bertz CT molecular complexity index is 931. The number of fused-ring (bicyclic) bond motifs is 1. The fourth-order valence-corrected chi connectivity index (χ4v) is 2.66. The predicted octanol–water partition coefficient (Wildman–Crippen LogP) is 3.55. The predicted molar refractivity (Wildman–Crippen MR) is 95.5 cm³/mol. The molecule has 0 radical (unpaired) electrons. The molecular weight excluding hydrogens is 335 g/mol. The van der Waals surface area contributed by atoms with Gasteiger partial charge in [-0.15, -0.1) is 0 Å². The molecule has 3 aromatic rings. The SMILES string of the molecule is Cc1cc(C(=O)NCCCc2nc(C(C)C)no2)c2ccc(F)cc2n1. The molecule has 1 aromatic carbocycles. The smallest absolute Gasteiger partial charge is 0.252 e. The summed E-state index contributed by atoms with van der Waals surface area (Å²) in [5, 5.41) is 7.43. The first-order valence-corrected chi connectivity index (χ1v) is 8.61. The van der Waals surface area contributed by atoms with E-state index in [1.165, 1.54) is 12.1 Å². The molecule has 6 nitrogen and oxygen atoms in total. The average Bonchev–Trinajstić information content (AvgIpc) is 3.06. The van der Waals surface area contributed by atoms with E-state index < -0.39 is 0 Å². The van der Waals surface area contributed by atoms with Gasteiger partial charge in [-0.1, -0.05) is 19.0 Å². The molecule has 26 heavy (non-hydrogen) atoms. The summed E-state index contributed by atoms with van der Waals surface area (Å²) in [6.45, 7) is 6.26. The van der Waals surface area contributed by atoms with Crippen molar-refractivity contribution < 1.29 is 13.7 Å². The highest BCUT2D eigenvalue weighted by molar-refractivity contribution is 6.06. The van der Waals surface area contributed by atoms with Crippen LogP contribution in [0.2, 0.25) is 0 Å². The van der Waals surface area contributed by atoms with Crippen LogP contribution < -0.4 is 5.32 Å². The van der Waals surface area contributed by atoms with Crippen molar-refractivity contribution in [3.8, 4) is 0 Å². The van der Waals surface area contributed by atoms with Gasteiger partial charge in [-0.25, -0.2) is 4.39 Å². The lowest BCUT2D eigenvalue weighted by atomic mass is 10.1. The molecule has 1 amide bonds. The highest BCUT2D eigenvalue weighted by atomic mass is 19.1. The molecule has 0 aliphatic rings. The minimum atomic E-state index is -0.373. The standard InChI is InChI=1S/C19H21FN4O2/c1-11(2)18-23-17(26-24-18)5-4-8-21-19(25)15-9-12(3)22-16-10-13(20)6-7-14(15)16/h6-7,9-11H,4-5,8H2,1-3H3,(H,21,25). The summed E-state index contributed by atoms with van der Waals surface area (Å²) in [6, 6.07) is 5.96. The third-order valence-corrected chi connectivity index (χ3v) is 4.00. The van der Waals surface area contributed by atoms with Crippen LogP contribution in [-0.4, -0.2) is 27.6 Å². The number of amides is 1. The molecule has 2 heterocycles. The summed E-state index contributed by atoms with van der Waals surface area (Å²) in [4.78, 5) is 21.1. The Morgan fingerprint density at radius 1 is 1.27 bits per heavy atom. The summed E-state index contributed by atoms with van der Waals surface area (Å²) in [5.41, 5.74) is 1.63. The lowest BCUT2D eigenvalue weighted by Gasteiger charge is -2.09. The topological polar surface area (TPSA) is 80.9 Å². The van der Waals surface area contributed by atoms with Gasteiger partial charge in [0, 0.05) is 36.0 Å². The first kappa shape index (κ1) is 18.0. The van der Waals surface area contributed by atoms with E-state index in [-0.39, 0.29) is 17.6 Å². The summed E-state index contributed by atoms with van der Waals surface area (Å²) >= 11 is 0. The molecule has 7 heteroatoms. The Morgan fingerprint density at radius 2 is 2.08 bits per heavy atom. The van der Waals surface area contributed by atoms with Crippen molar-refractivity contribution in [1.29, 1.82) is 0 Å². The number of carbonyl (C=O) groups is 1. The molecule has 0 saturated carbocycles. The molecule has 0 aliphatic carbocycles. The number of hydrogen-bond acceptors (Lipinski definition) is 5. The first-order valence-electron chi connectivity index (χ1n) is 8.61. The Hall–Kier alpha value is -2.83. The average molecular weight is 356 g/mol. The maximum atomic E-state index is 13.4. The molecule has 0 bridgehead atoms. The van der Waals surface area contributed by atoms with Crippen LogP contribution in [0.5, 0.6) is 0 Å². The fraction of sp³-hybridized carbons (Fsp3) is 0.368.